The normalized spacial score (nSPS) is 16.8. The second kappa shape index (κ2) is 8.13. The lowest BCUT2D eigenvalue weighted by Crippen LogP contribution is -2.44. The van der Waals surface area contributed by atoms with E-state index in [2.05, 4.69) is 19.2 Å². The summed E-state index contributed by atoms with van der Waals surface area (Å²) in [6.07, 6.45) is -0.810. The molecule has 5 heteroatoms. The standard InChI is InChI=1S/C21H25NO4/c1-14(2)17-8-4-5-9-18(17)25-15(3)21(23)22-12-16-13-24-19-10-6-7-11-20(19)26-16/h4-11,14-16H,12-13H2,1-3H3,(H,22,23)/t15-,16-/m0/s1. The summed E-state index contributed by atoms with van der Waals surface area (Å²) in [7, 11) is 0. The highest BCUT2D eigenvalue weighted by molar-refractivity contribution is 5.80. The molecule has 3 rings (SSSR count). The van der Waals surface area contributed by atoms with Crippen molar-refractivity contribution in [3.05, 3.63) is 54.1 Å². The van der Waals surface area contributed by atoms with E-state index in [0.717, 1.165) is 17.1 Å². The Bertz CT molecular complexity index is 759. The van der Waals surface area contributed by atoms with Gasteiger partial charge in [-0.05, 0) is 36.6 Å². The third-order valence-corrected chi connectivity index (χ3v) is 4.29. The van der Waals surface area contributed by atoms with Gasteiger partial charge >= 0.3 is 0 Å². The highest BCUT2D eigenvalue weighted by atomic mass is 16.6. The number of hydrogen-bond acceptors (Lipinski definition) is 4. The van der Waals surface area contributed by atoms with Crippen molar-refractivity contribution in [1.29, 1.82) is 0 Å². The molecule has 26 heavy (non-hydrogen) atoms. The summed E-state index contributed by atoms with van der Waals surface area (Å²) in [5.41, 5.74) is 1.09. The predicted octanol–water partition coefficient (Wildman–Crippen LogP) is 3.53. The summed E-state index contributed by atoms with van der Waals surface area (Å²) in [6.45, 7) is 6.73. The topological polar surface area (TPSA) is 56.8 Å². The van der Waals surface area contributed by atoms with Crippen LogP contribution in [0.5, 0.6) is 17.2 Å². The van der Waals surface area contributed by atoms with E-state index in [1.54, 1.807) is 6.92 Å². The summed E-state index contributed by atoms with van der Waals surface area (Å²) in [5, 5.41) is 2.88. The molecule has 0 bridgehead atoms. The van der Waals surface area contributed by atoms with Gasteiger partial charge in [0, 0.05) is 0 Å². The Hall–Kier alpha value is -2.69. The van der Waals surface area contributed by atoms with Crippen LogP contribution in [0.15, 0.2) is 48.5 Å². The molecule has 2 atom stereocenters. The lowest BCUT2D eigenvalue weighted by Gasteiger charge is -2.27. The molecule has 0 aromatic heterocycles. The van der Waals surface area contributed by atoms with E-state index in [9.17, 15) is 4.79 Å². The molecule has 0 aliphatic carbocycles. The van der Waals surface area contributed by atoms with E-state index in [1.165, 1.54) is 0 Å². The van der Waals surface area contributed by atoms with Gasteiger partial charge in [-0.2, -0.15) is 0 Å². The number of rotatable bonds is 6. The molecule has 0 saturated heterocycles. The van der Waals surface area contributed by atoms with Crippen LogP contribution in [-0.2, 0) is 4.79 Å². The molecular weight excluding hydrogens is 330 g/mol. The van der Waals surface area contributed by atoms with Gasteiger partial charge in [0.05, 0.1) is 6.54 Å². The third-order valence-electron chi connectivity index (χ3n) is 4.29. The van der Waals surface area contributed by atoms with E-state index < -0.39 is 6.10 Å². The maximum absolute atomic E-state index is 12.4. The van der Waals surface area contributed by atoms with Crippen LogP contribution in [0.1, 0.15) is 32.3 Å². The van der Waals surface area contributed by atoms with Gasteiger partial charge in [0.2, 0.25) is 0 Å². The SMILES string of the molecule is CC(C)c1ccccc1O[C@@H](C)C(=O)NC[C@H]1COc2ccccc2O1. The molecule has 5 nitrogen and oxygen atoms in total. The van der Waals surface area contributed by atoms with E-state index >= 15 is 0 Å². The van der Waals surface area contributed by atoms with Crippen LogP contribution in [0.25, 0.3) is 0 Å². The van der Waals surface area contributed by atoms with Crippen LogP contribution >= 0.6 is 0 Å². The van der Waals surface area contributed by atoms with Crippen LogP contribution in [0.3, 0.4) is 0 Å². The van der Waals surface area contributed by atoms with E-state index in [1.807, 2.05) is 48.5 Å². The quantitative estimate of drug-likeness (QED) is 0.861. The average Bonchev–Trinajstić information content (AvgIpc) is 2.66. The highest BCUT2D eigenvalue weighted by Gasteiger charge is 2.23. The average molecular weight is 355 g/mol. The second-order valence-corrected chi connectivity index (χ2v) is 6.70. The Labute approximate surface area is 154 Å². The minimum absolute atomic E-state index is 0.175. The van der Waals surface area contributed by atoms with Crippen molar-refractivity contribution in [3.63, 3.8) is 0 Å². The minimum atomic E-state index is -0.591. The Morgan fingerprint density at radius 3 is 2.58 bits per heavy atom. The van der Waals surface area contributed by atoms with Gasteiger partial charge in [0.15, 0.2) is 17.6 Å². The van der Waals surface area contributed by atoms with Crippen molar-refractivity contribution in [2.24, 2.45) is 0 Å². The van der Waals surface area contributed by atoms with Gasteiger partial charge in [-0.1, -0.05) is 44.2 Å². The van der Waals surface area contributed by atoms with Crippen molar-refractivity contribution < 1.29 is 19.0 Å². The third kappa shape index (κ3) is 4.28. The van der Waals surface area contributed by atoms with Crippen LogP contribution in [0, 0.1) is 0 Å². The molecule has 1 aliphatic rings. The van der Waals surface area contributed by atoms with E-state index in [-0.39, 0.29) is 12.0 Å². The molecule has 0 unspecified atom stereocenters. The predicted molar refractivity (Wildman–Crippen MR) is 100.0 cm³/mol. The summed E-state index contributed by atoms with van der Waals surface area (Å²) in [4.78, 5) is 12.4. The second-order valence-electron chi connectivity index (χ2n) is 6.70. The molecule has 0 saturated carbocycles. The molecule has 0 radical (unpaired) electrons. The van der Waals surface area contributed by atoms with Crippen LogP contribution < -0.4 is 19.5 Å². The molecule has 0 fully saturated rings. The monoisotopic (exact) mass is 355 g/mol. The Kier molecular flexibility index (Phi) is 5.66. The zero-order valence-electron chi connectivity index (χ0n) is 15.4. The molecule has 1 N–H and O–H groups in total. The summed E-state index contributed by atoms with van der Waals surface area (Å²) in [5.74, 6) is 2.34. The van der Waals surface area contributed by atoms with Gasteiger partial charge in [-0.15, -0.1) is 0 Å². The maximum atomic E-state index is 12.4. The molecule has 2 aromatic rings. The van der Waals surface area contributed by atoms with Gasteiger partial charge in [-0.3, -0.25) is 4.79 Å². The van der Waals surface area contributed by atoms with Gasteiger partial charge in [0.25, 0.3) is 5.91 Å². The number of hydrogen-bond donors (Lipinski definition) is 1. The molecule has 2 aromatic carbocycles. The molecule has 1 heterocycles. The Morgan fingerprint density at radius 2 is 1.81 bits per heavy atom. The lowest BCUT2D eigenvalue weighted by atomic mass is 10.0. The fourth-order valence-corrected chi connectivity index (χ4v) is 2.83. The number of benzene rings is 2. The molecule has 138 valence electrons. The first kappa shape index (κ1) is 18.1. The Morgan fingerprint density at radius 1 is 1.12 bits per heavy atom. The van der Waals surface area contributed by atoms with Gasteiger partial charge < -0.3 is 19.5 Å². The fraction of sp³-hybridized carbons (Fsp3) is 0.381. The molecule has 1 aliphatic heterocycles. The van der Waals surface area contributed by atoms with Crippen LogP contribution in [0.4, 0.5) is 0 Å². The van der Waals surface area contributed by atoms with Crippen LogP contribution in [0.2, 0.25) is 0 Å². The van der Waals surface area contributed by atoms with Crippen molar-refractivity contribution in [1.82, 2.24) is 5.32 Å². The van der Waals surface area contributed by atoms with Crippen molar-refractivity contribution in [2.45, 2.75) is 38.9 Å². The van der Waals surface area contributed by atoms with Gasteiger partial charge in [-0.25, -0.2) is 0 Å². The van der Waals surface area contributed by atoms with Crippen molar-refractivity contribution >= 4 is 5.91 Å². The number of para-hydroxylation sites is 3. The Balaban J connectivity index is 1.53. The zero-order valence-corrected chi connectivity index (χ0v) is 15.4. The highest BCUT2D eigenvalue weighted by Crippen LogP contribution is 2.30. The van der Waals surface area contributed by atoms with Crippen molar-refractivity contribution in [2.75, 3.05) is 13.2 Å². The van der Waals surface area contributed by atoms with Crippen molar-refractivity contribution in [3.8, 4) is 17.2 Å². The first-order valence-electron chi connectivity index (χ1n) is 8.96. The van der Waals surface area contributed by atoms with Crippen LogP contribution in [-0.4, -0.2) is 31.3 Å². The molecular formula is C21H25NO4. The first-order chi connectivity index (χ1) is 12.5. The van der Waals surface area contributed by atoms with Gasteiger partial charge in [0.1, 0.15) is 18.5 Å². The number of nitrogens with one attached hydrogen (secondary N) is 1. The summed E-state index contributed by atoms with van der Waals surface area (Å²) < 4.78 is 17.4. The number of carbonyl (C=O) groups excluding carboxylic acids is 1. The number of carbonyl (C=O) groups is 1. The summed E-state index contributed by atoms with van der Waals surface area (Å²) >= 11 is 0. The largest absolute Gasteiger partial charge is 0.486 e. The molecule has 1 amide bonds. The molecule has 0 spiro atoms. The minimum Gasteiger partial charge on any atom is -0.486 e. The lowest BCUT2D eigenvalue weighted by molar-refractivity contribution is -0.127. The first-order valence-corrected chi connectivity index (χ1v) is 8.96. The summed E-state index contributed by atoms with van der Waals surface area (Å²) in [6, 6.07) is 15.3. The fourth-order valence-electron chi connectivity index (χ4n) is 2.83. The zero-order chi connectivity index (χ0) is 18.5. The van der Waals surface area contributed by atoms with E-state index in [0.29, 0.717) is 24.8 Å². The van der Waals surface area contributed by atoms with E-state index in [4.69, 9.17) is 14.2 Å². The number of fused-ring (bicyclic) bond motifs is 1. The maximum Gasteiger partial charge on any atom is 0.260 e. The smallest absolute Gasteiger partial charge is 0.260 e. The number of amides is 1. The number of ether oxygens (including phenoxy) is 3.